The van der Waals surface area contributed by atoms with Gasteiger partial charge in [-0.1, -0.05) is 59.3 Å². The number of piperidine rings is 1. The smallest absolute Gasteiger partial charge is 0.293 e. The van der Waals surface area contributed by atoms with E-state index in [9.17, 15) is 14.9 Å². The van der Waals surface area contributed by atoms with Gasteiger partial charge in [0.1, 0.15) is 5.69 Å². The Bertz CT molecular complexity index is 1390. The second kappa shape index (κ2) is 10.2. The van der Waals surface area contributed by atoms with Crippen LogP contribution >= 0.6 is 22.9 Å². The lowest BCUT2D eigenvalue weighted by Crippen LogP contribution is -2.31. The molecule has 0 saturated carbocycles. The zero-order valence-corrected chi connectivity index (χ0v) is 21.4. The van der Waals surface area contributed by atoms with Gasteiger partial charge in [-0.15, -0.1) is 0 Å². The Kier molecular flexibility index (Phi) is 6.89. The Balaban J connectivity index is 1.57. The van der Waals surface area contributed by atoms with Crippen LogP contribution in [-0.4, -0.2) is 28.9 Å². The standard InChI is InChI=1S/C27H25ClN4O3S/c1-18-10-12-21(28)25-24(18)29-27(36-25)31(17-19-8-4-2-5-9-19)26(33)20-11-13-22(23(16-20)32(34)35)30-14-6-3-7-15-30/h2,4-5,8-13,16H,3,6-7,14-15,17H2,1H3. The molecular formula is C27H25ClN4O3S. The van der Waals surface area contributed by atoms with Crippen LogP contribution in [0.25, 0.3) is 10.2 Å². The number of aryl methyl sites for hydroxylation is 1. The summed E-state index contributed by atoms with van der Waals surface area (Å²) in [4.78, 5) is 33.9. The van der Waals surface area contributed by atoms with Gasteiger partial charge in [0, 0.05) is 24.7 Å². The minimum Gasteiger partial charge on any atom is -0.366 e. The Morgan fingerprint density at radius 3 is 2.56 bits per heavy atom. The molecule has 1 amide bonds. The van der Waals surface area contributed by atoms with Crippen molar-refractivity contribution in [2.75, 3.05) is 22.9 Å². The average molecular weight is 521 g/mol. The van der Waals surface area contributed by atoms with E-state index in [1.807, 2.05) is 54.3 Å². The highest BCUT2D eigenvalue weighted by molar-refractivity contribution is 7.23. The minimum absolute atomic E-state index is 0.0504. The number of thiazole rings is 1. The van der Waals surface area contributed by atoms with Gasteiger partial charge in [0.05, 0.1) is 26.7 Å². The molecule has 0 bridgehead atoms. The molecule has 2 heterocycles. The van der Waals surface area contributed by atoms with Gasteiger partial charge in [-0.25, -0.2) is 4.98 Å². The highest BCUT2D eigenvalue weighted by atomic mass is 35.5. The third kappa shape index (κ3) is 4.79. The van der Waals surface area contributed by atoms with E-state index in [0.717, 1.165) is 53.7 Å². The monoisotopic (exact) mass is 520 g/mol. The predicted molar refractivity (Wildman–Crippen MR) is 145 cm³/mol. The first-order chi connectivity index (χ1) is 17.4. The molecule has 3 aromatic carbocycles. The molecule has 9 heteroatoms. The van der Waals surface area contributed by atoms with Gasteiger partial charge in [0.15, 0.2) is 5.13 Å². The predicted octanol–water partition coefficient (Wildman–Crippen LogP) is 7.00. The Labute approximate surface area is 218 Å². The van der Waals surface area contributed by atoms with Crippen LogP contribution in [0.5, 0.6) is 0 Å². The lowest BCUT2D eigenvalue weighted by atomic mass is 10.1. The van der Waals surface area contributed by atoms with E-state index in [1.165, 1.54) is 17.4 Å². The SMILES string of the molecule is Cc1ccc(Cl)c2sc(N(Cc3ccccc3)C(=O)c3ccc(N4CCCCC4)c([N+](=O)[O-])c3)nc12. The van der Waals surface area contributed by atoms with Gasteiger partial charge in [-0.2, -0.15) is 0 Å². The van der Waals surface area contributed by atoms with E-state index in [-0.39, 0.29) is 23.7 Å². The van der Waals surface area contributed by atoms with Crippen molar-refractivity contribution in [2.45, 2.75) is 32.7 Å². The van der Waals surface area contributed by atoms with E-state index < -0.39 is 4.92 Å². The summed E-state index contributed by atoms with van der Waals surface area (Å²) in [6.07, 6.45) is 3.13. The highest BCUT2D eigenvalue weighted by Crippen LogP contribution is 2.37. The molecule has 5 rings (SSSR count). The molecule has 0 N–H and O–H groups in total. The molecule has 7 nitrogen and oxygen atoms in total. The summed E-state index contributed by atoms with van der Waals surface area (Å²) < 4.78 is 0.809. The first kappa shape index (κ1) is 24.2. The van der Waals surface area contributed by atoms with Gasteiger partial charge >= 0.3 is 0 Å². The minimum atomic E-state index is -0.400. The first-order valence-electron chi connectivity index (χ1n) is 11.9. The number of hydrogen-bond acceptors (Lipinski definition) is 6. The summed E-state index contributed by atoms with van der Waals surface area (Å²) in [7, 11) is 0. The normalized spacial score (nSPS) is 13.7. The number of hydrogen-bond donors (Lipinski definition) is 0. The third-order valence-corrected chi connectivity index (χ3v) is 8.00. The largest absolute Gasteiger partial charge is 0.366 e. The quantitative estimate of drug-likeness (QED) is 0.202. The van der Waals surface area contributed by atoms with Crippen LogP contribution in [0.4, 0.5) is 16.5 Å². The Morgan fingerprint density at radius 2 is 1.86 bits per heavy atom. The van der Waals surface area contributed by atoms with Crippen molar-refractivity contribution < 1.29 is 9.72 Å². The number of fused-ring (bicyclic) bond motifs is 1. The maximum absolute atomic E-state index is 13.9. The molecule has 1 fully saturated rings. The molecular weight excluding hydrogens is 496 g/mol. The van der Waals surface area contributed by atoms with Crippen molar-refractivity contribution in [1.29, 1.82) is 0 Å². The molecule has 1 aliphatic heterocycles. The van der Waals surface area contributed by atoms with Crippen molar-refractivity contribution in [2.24, 2.45) is 0 Å². The Morgan fingerprint density at radius 1 is 1.11 bits per heavy atom. The number of nitro benzene ring substituents is 1. The molecule has 0 unspecified atom stereocenters. The number of carbonyl (C=O) groups is 1. The number of amides is 1. The summed E-state index contributed by atoms with van der Waals surface area (Å²) in [5.74, 6) is -0.347. The molecule has 1 aliphatic rings. The summed E-state index contributed by atoms with van der Waals surface area (Å²) >= 11 is 7.78. The third-order valence-electron chi connectivity index (χ3n) is 6.46. The first-order valence-corrected chi connectivity index (χ1v) is 13.1. The number of nitro groups is 1. The molecule has 0 aliphatic carbocycles. The van der Waals surface area contributed by atoms with E-state index in [1.54, 1.807) is 17.0 Å². The number of aromatic nitrogens is 1. The van der Waals surface area contributed by atoms with Crippen LogP contribution < -0.4 is 9.80 Å². The van der Waals surface area contributed by atoms with Crippen molar-refractivity contribution in [3.63, 3.8) is 0 Å². The van der Waals surface area contributed by atoms with E-state index in [0.29, 0.717) is 15.8 Å². The summed E-state index contributed by atoms with van der Waals surface area (Å²) in [6, 6.07) is 18.1. The van der Waals surface area contributed by atoms with Gasteiger partial charge in [-0.05, 0) is 55.5 Å². The van der Waals surface area contributed by atoms with Crippen LogP contribution in [0.2, 0.25) is 5.02 Å². The molecule has 4 aromatic rings. The molecule has 0 spiro atoms. The van der Waals surface area contributed by atoms with Crippen molar-refractivity contribution in [3.8, 4) is 0 Å². The summed E-state index contributed by atoms with van der Waals surface area (Å²) in [5, 5.41) is 13.1. The summed E-state index contributed by atoms with van der Waals surface area (Å²) in [6.45, 7) is 3.78. The number of halogens is 1. The van der Waals surface area contributed by atoms with Crippen molar-refractivity contribution in [3.05, 3.63) is 92.5 Å². The van der Waals surface area contributed by atoms with Crippen LogP contribution in [0.15, 0.2) is 60.7 Å². The molecule has 1 saturated heterocycles. The molecule has 1 aromatic heterocycles. The van der Waals surface area contributed by atoms with Crippen LogP contribution in [0.3, 0.4) is 0 Å². The fourth-order valence-corrected chi connectivity index (χ4v) is 5.87. The summed E-state index contributed by atoms with van der Waals surface area (Å²) in [5.41, 5.74) is 3.40. The number of carbonyl (C=O) groups excluding carboxylic acids is 1. The van der Waals surface area contributed by atoms with Crippen molar-refractivity contribution in [1.82, 2.24) is 4.98 Å². The van der Waals surface area contributed by atoms with Crippen LogP contribution in [0, 0.1) is 17.0 Å². The van der Waals surface area contributed by atoms with E-state index >= 15 is 0 Å². The zero-order valence-electron chi connectivity index (χ0n) is 19.8. The number of nitrogens with zero attached hydrogens (tertiary/aromatic N) is 4. The molecule has 36 heavy (non-hydrogen) atoms. The van der Waals surface area contributed by atoms with Gasteiger partial charge < -0.3 is 4.90 Å². The van der Waals surface area contributed by atoms with Gasteiger partial charge in [0.2, 0.25) is 0 Å². The molecule has 0 atom stereocenters. The van der Waals surface area contributed by atoms with Gasteiger partial charge in [-0.3, -0.25) is 19.8 Å². The topological polar surface area (TPSA) is 79.6 Å². The zero-order chi connectivity index (χ0) is 25.2. The number of anilines is 2. The lowest BCUT2D eigenvalue weighted by Gasteiger charge is -2.28. The van der Waals surface area contributed by atoms with Crippen molar-refractivity contribution >= 4 is 55.6 Å². The highest BCUT2D eigenvalue weighted by Gasteiger charge is 2.27. The average Bonchev–Trinajstić information content (AvgIpc) is 3.36. The van der Waals surface area contributed by atoms with Gasteiger partial charge in [0.25, 0.3) is 11.6 Å². The van der Waals surface area contributed by atoms with E-state index in [2.05, 4.69) is 0 Å². The number of rotatable bonds is 6. The fourth-order valence-electron chi connectivity index (χ4n) is 4.56. The maximum atomic E-state index is 13.9. The maximum Gasteiger partial charge on any atom is 0.293 e. The second-order valence-corrected chi connectivity index (χ2v) is 10.3. The fraction of sp³-hybridized carbons (Fsp3) is 0.259. The van der Waals surface area contributed by atoms with Crippen LogP contribution in [0.1, 0.15) is 40.7 Å². The van der Waals surface area contributed by atoms with Crippen LogP contribution in [-0.2, 0) is 6.54 Å². The molecule has 184 valence electrons. The Hall–Kier alpha value is -3.49. The second-order valence-electron chi connectivity index (χ2n) is 8.92. The molecule has 0 radical (unpaired) electrons. The lowest BCUT2D eigenvalue weighted by molar-refractivity contribution is -0.384. The number of benzene rings is 3. The van der Waals surface area contributed by atoms with E-state index in [4.69, 9.17) is 16.6 Å².